The van der Waals surface area contributed by atoms with E-state index in [4.69, 9.17) is 9.47 Å². The van der Waals surface area contributed by atoms with Crippen molar-refractivity contribution < 1.29 is 9.47 Å². The molecule has 2 aromatic rings. The van der Waals surface area contributed by atoms with E-state index in [0.29, 0.717) is 34.6 Å². The molecule has 0 atom stereocenters. The number of ether oxygens (including phenoxy) is 2. The molecule has 0 unspecified atom stereocenters. The summed E-state index contributed by atoms with van der Waals surface area (Å²) in [7, 11) is 1.58. The van der Waals surface area contributed by atoms with Crippen molar-refractivity contribution in [2.75, 3.05) is 13.7 Å². The first-order chi connectivity index (χ1) is 11.7. The first kappa shape index (κ1) is 17.1. The molecule has 0 heterocycles. The van der Waals surface area contributed by atoms with Gasteiger partial charge in [0, 0.05) is 0 Å². The summed E-state index contributed by atoms with van der Waals surface area (Å²) in [5, 5.41) is 19.1. The van der Waals surface area contributed by atoms with Crippen LogP contribution in [-0.2, 0) is 0 Å². The van der Waals surface area contributed by atoms with E-state index in [2.05, 4.69) is 12.1 Å². The van der Waals surface area contributed by atoms with Gasteiger partial charge in [0.1, 0.15) is 23.6 Å². The monoisotopic (exact) mass is 318 g/mol. The standard InChI is InChI=1S/C20H18N2O2/c1-3-12-24-18-10-6-16(7-11-18)20(14-22)19(13-21)15-4-8-17(23-2)9-5-15/h4-11H,3,12H2,1-2H3. The number of hydrogen-bond acceptors (Lipinski definition) is 4. The number of methoxy groups -OCH3 is 1. The van der Waals surface area contributed by atoms with Crippen LogP contribution in [0.3, 0.4) is 0 Å². The van der Waals surface area contributed by atoms with Crippen LogP contribution < -0.4 is 9.47 Å². The second-order valence-electron chi connectivity index (χ2n) is 5.07. The Morgan fingerprint density at radius 1 is 0.833 bits per heavy atom. The summed E-state index contributed by atoms with van der Waals surface area (Å²) in [6, 6.07) is 18.6. The van der Waals surface area contributed by atoms with Crippen molar-refractivity contribution in [3.05, 3.63) is 59.7 Å². The molecule has 4 nitrogen and oxygen atoms in total. The number of allylic oxidation sites excluding steroid dienone is 2. The van der Waals surface area contributed by atoms with Crippen molar-refractivity contribution >= 4 is 11.1 Å². The highest BCUT2D eigenvalue weighted by Crippen LogP contribution is 2.28. The lowest BCUT2D eigenvalue weighted by Crippen LogP contribution is -1.95. The Morgan fingerprint density at radius 2 is 1.29 bits per heavy atom. The van der Waals surface area contributed by atoms with Crippen molar-refractivity contribution in [2.45, 2.75) is 13.3 Å². The number of rotatable bonds is 6. The number of hydrogen-bond donors (Lipinski definition) is 0. The van der Waals surface area contributed by atoms with Gasteiger partial charge in [-0.15, -0.1) is 0 Å². The molecule has 0 saturated heterocycles. The zero-order valence-electron chi connectivity index (χ0n) is 13.7. The molecule has 0 aliphatic carbocycles. The second kappa shape index (κ2) is 8.41. The van der Waals surface area contributed by atoms with Crippen LogP contribution in [-0.4, -0.2) is 13.7 Å². The zero-order valence-corrected chi connectivity index (χ0v) is 13.7. The second-order valence-corrected chi connectivity index (χ2v) is 5.07. The van der Waals surface area contributed by atoms with E-state index < -0.39 is 0 Å². The van der Waals surface area contributed by atoms with E-state index in [-0.39, 0.29) is 0 Å². The Balaban J connectivity index is 2.40. The van der Waals surface area contributed by atoms with Gasteiger partial charge in [-0.1, -0.05) is 6.92 Å². The minimum atomic E-state index is 0.336. The molecule has 0 radical (unpaired) electrons. The molecule has 0 fully saturated rings. The Bertz CT molecular complexity index is 792. The average molecular weight is 318 g/mol. The minimum Gasteiger partial charge on any atom is -0.497 e. The average Bonchev–Trinajstić information content (AvgIpc) is 2.65. The van der Waals surface area contributed by atoms with Crippen LogP contribution in [0, 0.1) is 22.7 Å². The largest absolute Gasteiger partial charge is 0.497 e. The lowest BCUT2D eigenvalue weighted by Gasteiger charge is -2.08. The van der Waals surface area contributed by atoms with Gasteiger partial charge in [-0.3, -0.25) is 0 Å². The predicted octanol–water partition coefficient (Wildman–Crippen LogP) is 4.44. The van der Waals surface area contributed by atoms with Gasteiger partial charge in [-0.2, -0.15) is 10.5 Å². The maximum absolute atomic E-state index is 9.54. The molecule has 0 aromatic heterocycles. The van der Waals surface area contributed by atoms with Gasteiger partial charge in [-0.25, -0.2) is 0 Å². The summed E-state index contributed by atoms with van der Waals surface area (Å²) >= 11 is 0. The highest BCUT2D eigenvalue weighted by Gasteiger charge is 2.12. The fourth-order valence-corrected chi connectivity index (χ4v) is 2.23. The molecule has 24 heavy (non-hydrogen) atoms. The fraction of sp³-hybridized carbons (Fsp3) is 0.200. The van der Waals surface area contributed by atoms with Crippen LogP contribution in [0.5, 0.6) is 11.5 Å². The summed E-state index contributed by atoms with van der Waals surface area (Å²) in [5.41, 5.74) is 2.04. The van der Waals surface area contributed by atoms with E-state index in [1.165, 1.54) is 0 Å². The minimum absolute atomic E-state index is 0.336. The first-order valence-corrected chi connectivity index (χ1v) is 7.65. The SMILES string of the molecule is CCCOc1ccc(C(C#N)=C(C#N)c2ccc(OC)cc2)cc1. The summed E-state index contributed by atoms with van der Waals surface area (Å²) in [5.74, 6) is 1.45. The van der Waals surface area contributed by atoms with Gasteiger partial charge in [0.25, 0.3) is 0 Å². The molecule has 4 heteroatoms. The van der Waals surface area contributed by atoms with Gasteiger partial charge in [-0.05, 0) is 66.1 Å². The van der Waals surface area contributed by atoms with Crippen LogP contribution in [0.15, 0.2) is 48.5 Å². The van der Waals surface area contributed by atoms with Gasteiger partial charge in [0.15, 0.2) is 0 Å². The van der Waals surface area contributed by atoms with E-state index >= 15 is 0 Å². The highest BCUT2D eigenvalue weighted by molar-refractivity contribution is 6.02. The molecule has 2 rings (SSSR count). The molecule has 2 aromatic carbocycles. The Kier molecular flexibility index (Phi) is 6.00. The maximum atomic E-state index is 9.54. The maximum Gasteiger partial charge on any atom is 0.119 e. The van der Waals surface area contributed by atoms with Crippen molar-refractivity contribution in [1.82, 2.24) is 0 Å². The number of benzene rings is 2. The molecule has 0 bridgehead atoms. The molecule has 0 saturated carbocycles. The third kappa shape index (κ3) is 3.94. The van der Waals surface area contributed by atoms with Gasteiger partial charge in [0.05, 0.1) is 24.9 Å². The van der Waals surface area contributed by atoms with Crippen LogP contribution >= 0.6 is 0 Å². The Labute approximate surface area is 142 Å². The van der Waals surface area contributed by atoms with Crippen molar-refractivity contribution in [3.63, 3.8) is 0 Å². The third-order valence-electron chi connectivity index (χ3n) is 3.47. The molecule has 0 N–H and O–H groups in total. The summed E-state index contributed by atoms with van der Waals surface area (Å²) in [6.07, 6.45) is 0.932. The molecule has 120 valence electrons. The Hall–Kier alpha value is -3.24. The summed E-state index contributed by atoms with van der Waals surface area (Å²) in [4.78, 5) is 0. The van der Waals surface area contributed by atoms with E-state index in [0.717, 1.165) is 12.2 Å². The van der Waals surface area contributed by atoms with Crippen molar-refractivity contribution in [1.29, 1.82) is 10.5 Å². The van der Waals surface area contributed by atoms with Crippen LogP contribution in [0.1, 0.15) is 24.5 Å². The van der Waals surface area contributed by atoms with Crippen LogP contribution in [0.25, 0.3) is 11.1 Å². The quantitative estimate of drug-likeness (QED) is 0.583. The van der Waals surface area contributed by atoms with Gasteiger partial charge >= 0.3 is 0 Å². The fourth-order valence-electron chi connectivity index (χ4n) is 2.23. The van der Waals surface area contributed by atoms with Crippen LogP contribution in [0.4, 0.5) is 0 Å². The molecular formula is C20H18N2O2. The highest BCUT2D eigenvalue weighted by atomic mass is 16.5. The number of nitriles is 2. The molecule has 0 spiro atoms. The topological polar surface area (TPSA) is 66.0 Å². The molecule has 0 amide bonds. The lowest BCUT2D eigenvalue weighted by atomic mass is 9.96. The third-order valence-corrected chi connectivity index (χ3v) is 3.47. The predicted molar refractivity (Wildman–Crippen MR) is 93.3 cm³/mol. The van der Waals surface area contributed by atoms with Crippen LogP contribution in [0.2, 0.25) is 0 Å². The lowest BCUT2D eigenvalue weighted by molar-refractivity contribution is 0.317. The van der Waals surface area contributed by atoms with Gasteiger partial charge in [0.2, 0.25) is 0 Å². The normalized spacial score (nSPS) is 11.0. The van der Waals surface area contributed by atoms with E-state index in [9.17, 15) is 10.5 Å². The Morgan fingerprint density at radius 3 is 1.67 bits per heavy atom. The molecular weight excluding hydrogens is 300 g/mol. The summed E-state index contributed by atoms with van der Waals surface area (Å²) in [6.45, 7) is 2.69. The summed E-state index contributed by atoms with van der Waals surface area (Å²) < 4.78 is 10.7. The first-order valence-electron chi connectivity index (χ1n) is 7.65. The molecule has 0 aliphatic heterocycles. The van der Waals surface area contributed by atoms with E-state index in [1.807, 2.05) is 19.1 Å². The smallest absolute Gasteiger partial charge is 0.119 e. The molecule has 0 aliphatic rings. The van der Waals surface area contributed by atoms with Crippen molar-refractivity contribution in [2.24, 2.45) is 0 Å². The zero-order chi connectivity index (χ0) is 17.4. The number of nitrogens with zero attached hydrogens (tertiary/aromatic N) is 2. The van der Waals surface area contributed by atoms with Crippen molar-refractivity contribution in [3.8, 4) is 23.6 Å². The van der Waals surface area contributed by atoms with E-state index in [1.54, 1.807) is 43.5 Å². The van der Waals surface area contributed by atoms with Gasteiger partial charge < -0.3 is 9.47 Å².